The van der Waals surface area contributed by atoms with Gasteiger partial charge in [0.05, 0.1) is 6.04 Å². The maximum atomic E-state index is 11.7. The zero-order chi connectivity index (χ0) is 10.4. The molecule has 0 aromatic carbocycles. The number of rotatable bonds is 1. The van der Waals surface area contributed by atoms with Gasteiger partial charge in [-0.1, -0.05) is 0 Å². The molecule has 3 atom stereocenters. The lowest BCUT2D eigenvalue weighted by Gasteiger charge is -2.35. The Labute approximate surface area is 88.2 Å². The molecular weight excluding hydrogens is 194 g/mol. The minimum absolute atomic E-state index is 0.0696. The zero-order valence-electron chi connectivity index (χ0n) is 8.53. The number of piperazine rings is 1. The van der Waals surface area contributed by atoms with Crippen LogP contribution >= 0.6 is 0 Å². The smallest absolute Gasteiger partial charge is 0.243 e. The zero-order valence-corrected chi connectivity index (χ0v) is 8.53. The standard InChI is InChI=1S/C10H15N3O2/c14-9-2-1-8(10(15)12-9)13-5-6-3-7(13)4-11-6/h6-8,11H,1-5H2,(H,12,14,15)/t6-,7-,8?/m1/s1. The lowest BCUT2D eigenvalue weighted by atomic mass is 10.0. The number of nitrogens with zero attached hydrogens (tertiary/aromatic N) is 1. The molecule has 0 saturated carbocycles. The van der Waals surface area contributed by atoms with E-state index in [9.17, 15) is 9.59 Å². The molecule has 2 N–H and O–H groups in total. The Kier molecular flexibility index (Phi) is 2.03. The molecule has 3 saturated heterocycles. The first-order chi connectivity index (χ1) is 7.24. The minimum atomic E-state index is -0.126. The molecule has 5 nitrogen and oxygen atoms in total. The summed E-state index contributed by atoms with van der Waals surface area (Å²) in [6, 6.07) is 0.985. The van der Waals surface area contributed by atoms with Crippen molar-refractivity contribution in [2.45, 2.75) is 37.4 Å². The van der Waals surface area contributed by atoms with Gasteiger partial charge in [0, 0.05) is 31.6 Å². The number of carbonyl (C=O) groups is 2. The van der Waals surface area contributed by atoms with E-state index >= 15 is 0 Å². The maximum Gasteiger partial charge on any atom is 0.243 e. The largest absolute Gasteiger partial charge is 0.311 e. The van der Waals surface area contributed by atoms with Gasteiger partial charge >= 0.3 is 0 Å². The molecule has 2 amide bonds. The van der Waals surface area contributed by atoms with Crippen molar-refractivity contribution in [2.24, 2.45) is 0 Å². The monoisotopic (exact) mass is 209 g/mol. The Hall–Kier alpha value is -0.940. The molecule has 3 rings (SSSR count). The number of piperidine rings is 1. The predicted molar refractivity (Wildman–Crippen MR) is 53.1 cm³/mol. The van der Waals surface area contributed by atoms with Crippen molar-refractivity contribution in [3.8, 4) is 0 Å². The predicted octanol–water partition coefficient (Wildman–Crippen LogP) is -1.16. The summed E-state index contributed by atoms with van der Waals surface area (Å²) < 4.78 is 0. The molecule has 0 spiro atoms. The van der Waals surface area contributed by atoms with Gasteiger partial charge in [-0.15, -0.1) is 0 Å². The summed E-state index contributed by atoms with van der Waals surface area (Å²) in [6.07, 6.45) is 2.32. The van der Waals surface area contributed by atoms with E-state index in [1.54, 1.807) is 0 Å². The Morgan fingerprint density at radius 2 is 2.20 bits per heavy atom. The van der Waals surface area contributed by atoms with Crippen LogP contribution in [0.15, 0.2) is 0 Å². The second kappa shape index (κ2) is 3.28. The highest BCUT2D eigenvalue weighted by molar-refractivity contribution is 6.00. The van der Waals surface area contributed by atoms with Gasteiger partial charge in [-0.05, 0) is 12.8 Å². The number of imide groups is 1. The van der Waals surface area contributed by atoms with Crippen molar-refractivity contribution < 1.29 is 9.59 Å². The van der Waals surface area contributed by atoms with Crippen molar-refractivity contribution in [2.75, 3.05) is 13.1 Å². The molecular formula is C10H15N3O2. The van der Waals surface area contributed by atoms with E-state index in [0.717, 1.165) is 19.5 Å². The Balaban J connectivity index is 1.72. The van der Waals surface area contributed by atoms with E-state index in [1.807, 2.05) is 0 Å². The van der Waals surface area contributed by atoms with E-state index in [-0.39, 0.29) is 17.9 Å². The van der Waals surface area contributed by atoms with Gasteiger partial charge in [0.15, 0.2) is 0 Å². The summed E-state index contributed by atoms with van der Waals surface area (Å²) in [4.78, 5) is 25.0. The molecule has 3 heterocycles. The summed E-state index contributed by atoms with van der Waals surface area (Å²) in [5.74, 6) is -0.225. The number of amides is 2. The molecule has 82 valence electrons. The van der Waals surface area contributed by atoms with Gasteiger partial charge in [0.25, 0.3) is 0 Å². The van der Waals surface area contributed by atoms with E-state index in [4.69, 9.17) is 0 Å². The Morgan fingerprint density at radius 3 is 2.80 bits per heavy atom. The summed E-state index contributed by atoms with van der Waals surface area (Å²) in [5, 5.41) is 5.83. The van der Waals surface area contributed by atoms with Crippen LogP contribution in [-0.2, 0) is 9.59 Å². The highest BCUT2D eigenvalue weighted by Gasteiger charge is 2.44. The van der Waals surface area contributed by atoms with Crippen molar-refractivity contribution in [3.05, 3.63) is 0 Å². The fourth-order valence-electron chi connectivity index (χ4n) is 2.97. The van der Waals surface area contributed by atoms with E-state index < -0.39 is 0 Å². The minimum Gasteiger partial charge on any atom is -0.311 e. The molecule has 0 aromatic rings. The van der Waals surface area contributed by atoms with Crippen LogP contribution in [0.5, 0.6) is 0 Å². The lowest BCUT2D eigenvalue weighted by molar-refractivity contribution is -0.138. The first-order valence-electron chi connectivity index (χ1n) is 5.57. The van der Waals surface area contributed by atoms with Crippen LogP contribution in [0.1, 0.15) is 19.3 Å². The van der Waals surface area contributed by atoms with Crippen molar-refractivity contribution in [1.29, 1.82) is 0 Å². The summed E-state index contributed by atoms with van der Waals surface area (Å²) >= 11 is 0. The first kappa shape index (κ1) is 9.30. The van der Waals surface area contributed by atoms with Gasteiger partial charge in [-0.25, -0.2) is 0 Å². The highest BCUT2D eigenvalue weighted by Crippen LogP contribution is 2.27. The van der Waals surface area contributed by atoms with E-state index in [2.05, 4.69) is 15.5 Å². The molecule has 3 aliphatic heterocycles. The Bertz CT molecular complexity index is 318. The summed E-state index contributed by atoms with van der Waals surface area (Å²) in [5.41, 5.74) is 0. The van der Waals surface area contributed by atoms with Gasteiger partial charge in [-0.2, -0.15) is 0 Å². The molecule has 3 aliphatic rings. The molecule has 2 bridgehead atoms. The molecule has 15 heavy (non-hydrogen) atoms. The number of fused-ring (bicyclic) bond motifs is 2. The van der Waals surface area contributed by atoms with Crippen LogP contribution < -0.4 is 10.6 Å². The Morgan fingerprint density at radius 1 is 1.33 bits per heavy atom. The van der Waals surface area contributed by atoms with Gasteiger partial charge in [0.1, 0.15) is 0 Å². The number of hydrogen-bond acceptors (Lipinski definition) is 4. The average Bonchev–Trinajstić information content (AvgIpc) is 2.78. The lowest BCUT2D eigenvalue weighted by Crippen LogP contribution is -2.57. The number of likely N-dealkylation sites (tertiary alicyclic amines) is 1. The average molecular weight is 209 g/mol. The molecule has 0 aliphatic carbocycles. The highest BCUT2D eigenvalue weighted by atomic mass is 16.2. The van der Waals surface area contributed by atoms with Crippen molar-refractivity contribution in [1.82, 2.24) is 15.5 Å². The third-order valence-corrected chi connectivity index (χ3v) is 3.71. The van der Waals surface area contributed by atoms with Crippen LogP contribution in [-0.4, -0.2) is 47.9 Å². The summed E-state index contributed by atoms with van der Waals surface area (Å²) in [6.45, 7) is 1.94. The topological polar surface area (TPSA) is 61.4 Å². The van der Waals surface area contributed by atoms with Gasteiger partial charge in [-0.3, -0.25) is 19.8 Å². The normalized spacial score (nSPS) is 40.9. The molecule has 0 aromatic heterocycles. The van der Waals surface area contributed by atoms with Crippen LogP contribution in [0, 0.1) is 0 Å². The fourth-order valence-corrected chi connectivity index (χ4v) is 2.97. The van der Waals surface area contributed by atoms with Crippen molar-refractivity contribution in [3.63, 3.8) is 0 Å². The fraction of sp³-hybridized carbons (Fsp3) is 0.800. The van der Waals surface area contributed by atoms with Crippen molar-refractivity contribution >= 4 is 11.8 Å². The molecule has 5 heteroatoms. The third kappa shape index (κ3) is 1.46. The number of carbonyl (C=O) groups excluding carboxylic acids is 2. The molecule has 1 unspecified atom stereocenters. The van der Waals surface area contributed by atoms with Gasteiger partial charge in [0.2, 0.25) is 11.8 Å². The van der Waals surface area contributed by atoms with Crippen LogP contribution in [0.4, 0.5) is 0 Å². The van der Waals surface area contributed by atoms with Crippen LogP contribution in [0.2, 0.25) is 0 Å². The van der Waals surface area contributed by atoms with E-state index in [0.29, 0.717) is 24.9 Å². The number of hydrogen-bond donors (Lipinski definition) is 2. The second-order valence-corrected chi connectivity index (χ2v) is 4.66. The maximum absolute atomic E-state index is 11.7. The van der Waals surface area contributed by atoms with Crippen LogP contribution in [0.25, 0.3) is 0 Å². The van der Waals surface area contributed by atoms with Crippen LogP contribution in [0.3, 0.4) is 0 Å². The number of nitrogens with one attached hydrogen (secondary N) is 2. The second-order valence-electron chi connectivity index (χ2n) is 4.66. The summed E-state index contributed by atoms with van der Waals surface area (Å²) in [7, 11) is 0. The quantitative estimate of drug-likeness (QED) is 0.535. The third-order valence-electron chi connectivity index (χ3n) is 3.71. The SMILES string of the molecule is O=C1CCC(N2C[C@H]3C[C@@H]2CN3)C(=O)N1. The molecule has 3 fully saturated rings. The first-order valence-corrected chi connectivity index (χ1v) is 5.57. The van der Waals surface area contributed by atoms with Gasteiger partial charge < -0.3 is 5.32 Å². The molecule has 0 radical (unpaired) electrons. The van der Waals surface area contributed by atoms with E-state index in [1.165, 1.54) is 0 Å².